The highest BCUT2D eigenvalue weighted by Crippen LogP contribution is 2.65. The van der Waals surface area contributed by atoms with Crippen LogP contribution in [0.25, 0.3) is 0 Å². The van der Waals surface area contributed by atoms with E-state index in [1.807, 2.05) is 6.92 Å². The minimum Gasteiger partial charge on any atom is -0.349 e. The second-order valence-corrected chi connectivity index (χ2v) is 18.4. The van der Waals surface area contributed by atoms with Crippen LogP contribution < -0.4 is 21.3 Å². The van der Waals surface area contributed by atoms with Crippen LogP contribution in [0, 0.1) is 17.3 Å². The zero-order chi connectivity index (χ0) is 36.8. The Morgan fingerprint density at radius 2 is 1.47 bits per heavy atom. The monoisotopic (exact) mass is 734 g/mol. The van der Waals surface area contributed by atoms with Crippen LogP contribution in [0.15, 0.2) is 0 Å². The molecule has 3 aliphatic heterocycles. The fraction of sp³-hybridized carbons (Fsp3) is 0.865. The molecule has 3 heterocycles. The summed E-state index contributed by atoms with van der Waals surface area (Å²) in [5, 5.41) is 11.6. The normalized spacial score (nSPS) is 30.4. The highest BCUT2D eigenvalue weighted by atomic mass is 32.2. The van der Waals surface area contributed by atoms with Crippen LogP contribution in [-0.2, 0) is 29.2 Å². The molecule has 14 heteroatoms. The molecule has 2 saturated carbocycles. The molecule has 4 N–H and O–H groups in total. The smallest absolute Gasteiger partial charge is 0.315 e. The van der Waals surface area contributed by atoms with E-state index in [2.05, 4.69) is 35.1 Å². The standard InChI is InChI=1S/C37H62N6O7S/c1-4-21-38-33(46)31(44)27-17-11-8-6-5-7-9-12-18-28(34(47)43-24-26-29(36(26,2)3)30(43)32(45)39-27)40-35(48)41-37(19-13-10-14-20-37)25-51(49,50)42-22-15-16-23-42/h26-30H,4-25H2,1-3H3,(H,38,46)(H,39,45)(H2,40,41,48)/t26-,27+,28+,29-,30-/m0/s1. The first-order valence-corrected chi connectivity index (χ1v) is 21.4. The Labute approximate surface area is 304 Å². The number of urea groups is 1. The van der Waals surface area contributed by atoms with E-state index in [1.54, 1.807) is 4.90 Å². The summed E-state index contributed by atoms with van der Waals surface area (Å²) in [5.74, 6) is -2.33. The Bertz CT molecular complexity index is 1390. The lowest BCUT2D eigenvalue weighted by Crippen LogP contribution is -2.62. The zero-order valence-corrected chi connectivity index (χ0v) is 31.9. The first-order chi connectivity index (χ1) is 24.3. The third-order valence-corrected chi connectivity index (χ3v) is 14.4. The second-order valence-electron chi connectivity index (χ2n) is 16.5. The lowest BCUT2D eigenvalue weighted by atomic mass is 9.83. The van der Waals surface area contributed by atoms with Crippen LogP contribution in [0.3, 0.4) is 0 Å². The lowest BCUT2D eigenvalue weighted by Gasteiger charge is -2.39. The van der Waals surface area contributed by atoms with E-state index in [0.29, 0.717) is 64.7 Å². The minimum absolute atomic E-state index is 0.0945. The largest absolute Gasteiger partial charge is 0.349 e. The first-order valence-electron chi connectivity index (χ1n) is 19.8. The van der Waals surface area contributed by atoms with Crippen LogP contribution in [-0.4, -0.2) is 103 Å². The van der Waals surface area contributed by atoms with E-state index in [-0.39, 0.29) is 28.9 Å². The van der Waals surface area contributed by atoms with E-state index < -0.39 is 57.3 Å². The van der Waals surface area contributed by atoms with Gasteiger partial charge < -0.3 is 26.2 Å². The average molecular weight is 735 g/mol. The predicted octanol–water partition coefficient (Wildman–Crippen LogP) is 3.37. The van der Waals surface area contributed by atoms with Crippen molar-refractivity contribution in [3.8, 4) is 0 Å². The average Bonchev–Trinajstić information content (AvgIpc) is 3.54. The number of nitrogens with zero attached hydrogens (tertiary/aromatic N) is 2. The number of hydrogen-bond acceptors (Lipinski definition) is 7. The summed E-state index contributed by atoms with van der Waals surface area (Å²) < 4.78 is 28.4. The van der Waals surface area contributed by atoms with Gasteiger partial charge in [0, 0.05) is 26.2 Å². The van der Waals surface area contributed by atoms with Gasteiger partial charge in [-0.05, 0) is 62.2 Å². The molecule has 0 bridgehead atoms. The summed E-state index contributed by atoms with van der Waals surface area (Å²) in [7, 11) is -3.58. The van der Waals surface area contributed by atoms with Crippen molar-refractivity contribution < 1.29 is 32.4 Å². The van der Waals surface area contributed by atoms with Crippen molar-refractivity contribution in [2.75, 3.05) is 31.9 Å². The number of piperidine rings is 1. The number of ketones is 1. The van der Waals surface area contributed by atoms with Crippen LogP contribution in [0.5, 0.6) is 0 Å². The molecule has 2 aliphatic carbocycles. The Morgan fingerprint density at radius 3 is 2.12 bits per heavy atom. The fourth-order valence-corrected chi connectivity index (χ4v) is 11.3. The third kappa shape index (κ3) is 9.44. The summed E-state index contributed by atoms with van der Waals surface area (Å²) in [6.07, 6.45) is 12.9. The molecule has 3 saturated heterocycles. The van der Waals surface area contributed by atoms with Gasteiger partial charge in [-0.25, -0.2) is 17.5 Å². The van der Waals surface area contributed by atoms with Gasteiger partial charge in [-0.15, -0.1) is 0 Å². The molecule has 5 rings (SSSR count). The van der Waals surface area contributed by atoms with E-state index in [4.69, 9.17) is 0 Å². The Hall–Kier alpha value is -2.74. The Morgan fingerprint density at radius 1 is 0.863 bits per heavy atom. The molecule has 0 spiro atoms. The summed E-state index contributed by atoms with van der Waals surface area (Å²) in [4.78, 5) is 70.0. The van der Waals surface area contributed by atoms with Gasteiger partial charge in [-0.2, -0.15) is 0 Å². The van der Waals surface area contributed by atoms with Crippen LogP contribution in [0.1, 0.15) is 130 Å². The second kappa shape index (κ2) is 16.9. The SMILES string of the molecule is CCCNC(=O)C(=O)[C@H]1CCCCCCCCC[C@@H](NC(=O)NC2(CS(=O)(=O)N3CCCC3)CCCCC2)C(=O)N2C[C@H]3[C@@H]([C@H]2C(=O)N1)C3(C)C. The van der Waals surface area contributed by atoms with Crippen LogP contribution in [0.2, 0.25) is 0 Å². The van der Waals surface area contributed by atoms with Gasteiger partial charge >= 0.3 is 6.03 Å². The van der Waals surface area contributed by atoms with Gasteiger partial charge in [0.25, 0.3) is 5.91 Å². The Balaban J connectivity index is 1.35. The molecule has 0 unspecified atom stereocenters. The maximum atomic E-state index is 14.5. The van der Waals surface area contributed by atoms with E-state index >= 15 is 0 Å². The quantitative estimate of drug-likeness (QED) is 0.263. The van der Waals surface area contributed by atoms with Crippen molar-refractivity contribution >= 4 is 39.6 Å². The Kier molecular flexibility index (Phi) is 13.1. The number of carbonyl (C=O) groups excluding carboxylic acids is 5. The number of sulfonamides is 1. The van der Waals surface area contributed by atoms with Gasteiger partial charge in [0.2, 0.25) is 27.6 Å². The van der Waals surface area contributed by atoms with Crippen LogP contribution >= 0.6 is 0 Å². The number of rotatable bonds is 9. The molecule has 5 fully saturated rings. The molecule has 51 heavy (non-hydrogen) atoms. The highest BCUT2D eigenvalue weighted by molar-refractivity contribution is 7.89. The molecule has 13 nitrogen and oxygen atoms in total. The van der Waals surface area contributed by atoms with Crippen molar-refractivity contribution in [1.29, 1.82) is 0 Å². The third-order valence-electron chi connectivity index (χ3n) is 12.3. The van der Waals surface area contributed by atoms with Crippen molar-refractivity contribution in [1.82, 2.24) is 30.5 Å². The van der Waals surface area contributed by atoms with Crippen molar-refractivity contribution in [2.24, 2.45) is 17.3 Å². The van der Waals surface area contributed by atoms with Gasteiger partial charge in [-0.1, -0.05) is 85.0 Å². The summed E-state index contributed by atoms with van der Waals surface area (Å²) in [6.45, 7) is 7.81. The molecule has 5 amide bonds. The van der Waals surface area contributed by atoms with E-state index in [9.17, 15) is 32.4 Å². The molecule has 288 valence electrons. The number of amides is 5. The molecule has 0 aromatic rings. The van der Waals surface area contributed by atoms with Gasteiger partial charge in [0.1, 0.15) is 12.1 Å². The van der Waals surface area contributed by atoms with E-state index in [1.165, 1.54) is 4.31 Å². The molecule has 5 aliphatic rings. The summed E-state index contributed by atoms with van der Waals surface area (Å²) in [5.41, 5.74) is -1.09. The predicted molar refractivity (Wildman–Crippen MR) is 194 cm³/mol. The molecule has 5 atom stereocenters. The number of fused-ring (bicyclic) bond motifs is 3. The zero-order valence-electron chi connectivity index (χ0n) is 31.1. The van der Waals surface area contributed by atoms with Crippen molar-refractivity contribution in [3.05, 3.63) is 0 Å². The maximum absolute atomic E-state index is 14.5. The van der Waals surface area contributed by atoms with Gasteiger partial charge in [-0.3, -0.25) is 19.2 Å². The molecule has 0 radical (unpaired) electrons. The lowest BCUT2D eigenvalue weighted by molar-refractivity contribution is -0.144. The van der Waals surface area contributed by atoms with E-state index in [0.717, 1.165) is 70.6 Å². The molecule has 0 aromatic carbocycles. The first kappa shape index (κ1) is 39.5. The molecule has 0 aromatic heterocycles. The van der Waals surface area contributed by atoms with Gasteiger partial charge in [0.05, 0.1) is 17.3 Å². The van der Waals surface area contributed by atoms with Crippen LogP contribution in [0.4, 0.5) is 4.79 Å². The number of Topliss-reactive ketones (excluding diaryl/α,β-unsaturated/α-hetero) is 1. The number of carbonyl (C=O) groups is 5. The molecular formula is C37H62N6O7S. The fourth-order valence-electron chi connectivity index (χ4n) is 9.24. The number of hydrogen-bond donors (Lipinski definition) is 4. The number of nitrogens with one attached hydrogen (secondary N) is 4. The highest BCUT2D eigenvalue weighted by Gasteiger charge is 2.69. The minimum atomic E-state index is -3.58. The van der Waals surface area contributed by atoms with Gasteiger partial charge in [0.15, 0.2) is 0 Å². The van der Waals surface area contributed by atoms with Crippen molar-refractivity contribution in [3.63, 3.8) is 0 Å². The van der Waals surface area contributed by atoms with Crippen molar-refractivity contribution in [2.45, 2.75) is 154 Å². The topological polar surface area (TPSA) is 174 Å². The molecular weight excluding hydrogens is 673 g/mol. The maximum Gasteiger partial charge on any atom is 0.315 e. The summed E-state index contributed by atoms with van der Waals surface area (Å²) >= 11 is 0. The summed E-state index contributed by atoms with van der Waals surface area (Å²) in [6, 6.07) is -3.27.